The molecule has 0 bridgehead atoms. The maximum absolute atomic E-state index is 11.2. The molecule has 116 valence electrons. The molecule has 0 saturated carbocycles. The number of carbonyl (C=O) groups excluding carboxylic acids is 1. The molecule has 1 aromatic rings. The highest BCUT2D eigenvalue weighted by atomic mass is 16.5. The molecule has 0 aliphatic rings. The van der Waals surface area contributed by atoms with Crippen LogP contribution in [0, 0.1) is 5.92 Å². The Morgan fingerprint density at radius 1 is 1.29 bits per heavy atom. The van der Waals surface area contributed by atoms with Gasteiger partial charge in [0.15, 0.2) is 0 Å². The predicted octanol–water partition coefficient (Wildman–Crippen LogP) is 2.24. The third kappa shape index (κ3) is 6.29. The second-order valence-corrected chi connectivity index (χ2v) is 5.43. The van der Waals surface area contributed by atoms with Gasteiger partial charge in [0.05, 0.1) is 6.61 Å². The average Bonchev–Trinajstić information content (AvgIpc) is 2.38. The molecule has 1 amide bonds. The van der Waals surface area contributed by atoms with E-state index in [0.29, 0.717) is 18.3 Å². The van der Waals surface area contributed by atoms with E-state index in [0.717, 1.165) is 12.0 Å². The molecule has 2 N–H and O–H groups in total. The second kappa shape index (κ2) is 8.29. The molecule has 1 atom stereocenters. The molecule has 0 radical (unpaired) electrons. The normalized spacial score (nSPS) is 12.0. The van der Waals surface area contributed by atoms with Gasteiger partial charge in [0, 0.05) is 13.3 Å². The van der Waals surface area contributed by atoms with E-state index in [1.165, 1.54) is 6.92 Å². The van der Waals surface area contributed by atoms with Crippen molar-refractivity contribution in [2.45, 2.75) is 39.7 Å². The highest BCUT2D eigenvalue weighted by molar-refractivity contribution is 5.82. The largest absolute Gasteiger partial charge is 0.493 e. The molecule has 5 nitrogen and oxygen atoms in total. The summed E-state index contributed by atoms with van der Waals surface area (Å²) < 4.78 is 5.73. The molecule has 0 heterocycles. The molecule has 0 saturated heterocycles. The highest BCUT2D eigenvalue weighted by Crippen LogP contribution is 2.20. The Kier molecular flexibility index (Phi) is 6.72. The number of carbonyl (C=O) groups is 2. The van der Waals surface area contributed by atoms with E-state index in [9.17, 15) is 9.59 Å². The molecule has 0 aliphatic heterocycles. The van der Waals surface area contributed by atoms with Gasteiger partial charge in [-0.25, -0.2) is 4.79 Å². The van der Waals surface area contributed by atoms with E-state index in [-0.39, 0.29) is 12.3 Å². The first-order valence-electron chi connectivity index (χ1n) is 7.10. The number of carboxylic acid groups (broad SMARTS) is 1. The summed E-state index contributed by atoms with van der Waals surface area (Å²) in [4.78, 5) is 22.3. The summed E-state index contributed by atoms with van der Waals surface area (Å²) in [6.07, 6.45) is 1.13. The van der Waals surface area contributed by atoms with Gasteiger partial charge in [-0.15, -0.1) is 0 Å². The fourth-order valence-corrected chi connectivity index (χ4v) is 1.88. The van der Waals surface area contributed by atoms with Crippen LogP contribution in [0.2, 0.25) is 0 Å². The van der Waals surface area contributed by atoms with Crippen LogP contribution in [0.4, 0.5) is 0 Å². The zero-order valence-corrected chi connectivity index (χ0v) is 12.8. The lowest BCUT2D eigenvalue weighted by Gasteiger charge is -2.16. The van der Waals surface area contributed by atoms with Gasteiger partial charge < -0.3 is 15.2 Å². The SMILES string of the molecule is CC(=O)NC(Cc1ccccc1OCCC(C)C)C(=O)O. The Balaban J connectivity index is 2.76. The molecular weight excluding hydrogens is 270 g/mol. The topological polar surface area (TPSA) is 75.6 Å². The number of hydrogen-bond donors (Lipinski definition) is 2. The van der Waals surface area contributed by atoms with Gasteiger partial charge in [0.1, 0.15) is 11.8 Å². The first-order valence-corrected chi connectivity index (χ1v) is 7.10. The van der Waals surface area contributed by atoms with Crippen molar-refractivity contribution in [2.24, 2.45) is 5.92 Å². The minimum absolute atomic E-state index is 0.201. The molecular formula is C16H23NO4. The van der Waals surface area contributed by atoms with Crippen LogP contribution in [0.3, 0.4) is 0 Å². The maximum Gasteiger partial charge on any atom is 0.326 e. The summed E-state index contributed by atoms with van der Waals surface area (Å²) in [6.45, 7) is 6.13. The monoisotopic (exact) mass is 293 g/mol. The van der Waals surface area contributed by atoms with Gasteiger partial charge in [-0.05, 0) is 24.0 Å². The van der Waals surface area contributed by atoms with E-state index >= 15 is 0 Å². The lowest BCUT2D eigenvalue weighted by molar-refractivity contribution is -0.141. The number of amides is 1. The van der Waals surface area contributed by atoms with E-state index in [1.807, 2.05) is 24.3 Å². The molecule has 1 unspecified atom stereocenters. The molecule has 0 aliphatic carbocycles. The third-order valence-corrected chi connectivity index (χ3v) is 3.03. The Hall–Kier alpha value is -2.04. The van der Waals surface area contributed by atoms with Crippen molar-refractivity contribution in [3.05, 3.63) is 29.8 Å². The fraction of sp³-hybridized carbons (Fsp3) is 0.500. The standard InChI is InChI=1S/C16H23NO4/c1-11(2)8-9-21-15-7-5-4-6-13(15)10-14(16(19)20)17-12(3)18/h4-7,11,14H,8-10H2,1-3H3,(H,17,18)(H,19,20). The Bertz CT molecular complexity index is 485. The third-order valence-electron chi connectivity index (χ3n) is 3.03. The minimum atomic E-state index is -1.05. The van der Waals surface area contributed by atoms with Gasteiger partial charge in [-0.2, -0.15) is 0 Å². The van der Waals surface area contributed by atoms with Crippen LogP contribution in [-0.2, 0) is 16.0 Å². The smallest absolute Gasteiger partial charge is 0.326 e. The predicted molar refractivity (Wildman–Crippen MR) is 80.3 cm³/mol. The van der Waals surface area contributed by atoms with Crippen molar-refractivity contribution in [1.82, 2.24) is 5.32 Å². The average molecular weight is 293 g/mol. The van der Waals surface area contributed by atoms with Crippen molar-refractivity contribution in [1.29, 1.82) is 0 Å². The summed E-state index contributed by atoms with van der Waals surface area (Å²) in [6, 6.07) is 6.38. The van der Waals surface area contributed by atoms with Crippen LogP contribution in [0.25, 0.3) is 0 Å². The van der Waals surface area contributed by atoms with Crippen molar-refractivity contribution < 1.29 is 19.4 Å². The van der Waals surface area contributed by atoms with Crippen molar-refractivity contribution in [2.75, 3.05) is 6.61 Å². The lowest BCUT2D eigenvalue weighted by Crippen LogP contribution is -2.41. The molecule has 5 heteroatoms. The summed E-state index contributed by atoms with van der Waals surface area (Å²) in [7, 11) is 0. The molecule has 0 aromatic heterocycles. The van der Waals surface area contributed by atoms with Crippen LogP contribution < -0.4 is 10.1 Å². The van der Waals surface area contributed by atoms with Crippen molar-refractivity contribution >= 4 is 11.9 Å². The van der Waals surface area contributed by atoms with E-state index < -0.39 is 12.0 Å². The number of rotatable bonds is 8. The molecule has 0 fully saturated rings. The molecule has 21 heavy (non-hydrogen) atoms. The van der Waals surface area contributed by atoms with Crippen molar-refractivity contribution in [3.63, 3.8) is 0 Å². The van der Waals surface area contributed by atoms with Gasteiger partial charge in [-0.3, -0.25) is 4.79 Å². The lowest BCUT2D eigenvalue weighted by atomic mass is 10.0. The first kappa shape index (κ1) is 17.0. The van der Waals surface area contributed by atoms with Gasteiger partial charge >= 0.3 is 5.97 Å². The number of nitrogens with one attached hydrogen (secondary N) is 1. The van der Waals surface area contributed by atoms with Crippen LogP contribution in [0.5, 0.6) is 5.75 Å². The number of ether oxygens (including phenoxy) is 1. The maximum atomic E-state index is 11.2. The van der Waals surface area contributed by atoms with Crippen LogP contribution in [0.1, 0.15) is 32.8 Å². The Labute approximate surface area is 125 Å². The molecule has 1 rings (SSSR count). The zero-order chi connectivity index (χ0) is 15.8. The van der Waals surface area contributed by atoms with E-state index in [1.54, 1.807) is 0 Å². The quantitative estimate of drug-likeness (QED) is 0.770. The van der Waals surface area contributed by atoms with Crippen LogP contribution >= 0.6 is 0 Å². The van der Waals surface area contributed by atoms with Crippen molar-refractivity contribution in [3.8, 4) is 5.75 Å². The van der Waals surface area contributed by atoms with Gasteiger partial charge in [0.25, 0.3) is 0 Å². The number of para-hydroxylation sites is 1. The number of aliphatic carboxylic acids is 1. The van der Waals surface area contributed by atoms with Crippen LogP contribution in [0.15, 0.2) is 24.3 Å². The molecule has 0 spiro atoms. The number of carboxylic acids is 1. The minimum Gasteiger partial charge on any atom is -0.493 e. The number of hydrogen-bond acceptors (Lipinski definition) is 3. The summed E-state index contributed by atoms with van der Waals surface area (Å²) in [5.74, 6) is -0.194. The van der Waals surface area contributed by atoms with E-state index in [4.69, 9.17) is 9.84 Å². The Morgan fingerprint density at radius 3 is 2.52 bits per heavy atom. The second-order valence-electron chi connectivity index (χ2n) is 5.43. The Morgan fingerprint density at radius 2 is 1.95 bits per heavy atom. The van der Waals surface area contributed by atoms with Gasteiger partial charge in [-0.1, -0.05) is 32.0 Å². The summed E-state index contributed by atoms with van der Waals surface area (Å²) in [5, 5.41) is 11.6. The highest BCUT2D eigenvalue weighted by Gasteiger charge is 2.20. The van der Waals surface area contributed by atoms with Crippen LogP contribution in [-0.4, -0.2) is 29.6 Å². The summed E-state index contributed by atoms with van der Waals surface area (Å²) >= 11 is 0. The fourth-order valence-electron chi connectivity index (χ4n) is 1.88. The first-order chi connectivity index (χ1) is 9.90. The zero-order valence-electron chi connectivity index (χ0n) is 12.8. The number of benzene rings is 1. The van der Waals surface area contributed by atoms with E-state index in [2.05, 4.69) is 19.2 Å². The molecule has 1 aromatic carbocycles. The van der Waals surface area contributed by atoms with Gasteiger partial charge in [0.2, 0.25) is 5.91 Å². The summed E-state index contributed by atoms with van der Waals surface area (Å²) in [5.41, 5.74) is 0.780.